The third kappa shape index (κ3) is 4.17. The van der Waals surface area contributed by atoms with Crippen molar-refractivity contribution in [2.45, 2.75) is 18.4 Å². The number of hydrogen-bond donors (Lipinski definition) is 2. The Morgan fingerprint density at radius 1 is 1.07 bits per heavy atom. The molecule has 1 atom stereocenters. The predicted molar refractivity (Wildman–Crippen MR) is 118 cm³/mol. The van der Waals surface area contributed by atoms with E-state index in [1.54, 1.807) is 6.07 Å². The summed E-state index contributed by atoms with van der Waals surface area (Å²) in [5, 5.41) is 12.2. The van der Waals surface area contributed by atoms with Crippen LogP contribution in [0, 0.1) is 0 Å². The number of halogens is 2. The molecule has 4 rings (SSSR count). The second-order valence-electron chi connectivity index (χ2n) is 6.89. The Morgan fingerprint density at radius 2 is 1.67 bits per heavy atom. The zero-order valence-electron chi connectivity index (χ0n) is 15.6. The topological polar surface area (TPSA) is 75.6 Å². The molecule has 1 heterocycles. The lowest BCUT2D eigenvalue weighted by molar-refractivity contribution is -0.137. The minimum absolute atomic E-state index is 0.0771. The van der Waals surface area contributed by atoms with Gasteiger partial charge in [-0.2, -0.15) is 0 Å². The highest BCUT2D eigenvalue weighted by molar-refractivity contribution is 7.17. The number of carbonyl (C=O) groups excluding carboxylic acids is 1. The summed E-state index contributed by atoms with van der Waals surface area (Å²) in [6.07, 6.45) is -0.999. The zero-order chi connectivity index (χ0) is 21.3. The van der Waals surface area contributed by atoms with Crippen LogP contribution >= 0.6 is 34.5 Å². The van der Waals surface area contributed by atoms with Crippen LogP contribution in [0.1, 0.15) is 34.4 Å². The molecule has 0 bridgehead atoms. The molecular formula is C22H17Cl2NO4S. The van der Waals surface area contributed by atoms with Crippen LogP contribution in [0.2, 0.25) is 9.36 Å². The largest absolute Gasteiger partial charge is 0.481 e. The van der Waals surface area contributed by atoms with Crippen molar-refractivity contribution in [1.29, 1.82) is 0 Å². The first-order valence-electron chi connectivity index (χ1n) is 9.22. The van der Waals surface area contributed by atoms with Crippen LogP contribution in [-0.4, -0.2) is 23.8 Å². The lowest BCUT2D eigenvalue weighted by Gasteiger charge is -2.18. The summed E-state index contributed by atoms with van der Waals surface area (Å²) < 4.78 is 5.85. The molecule has 0 radical (unpaired) electrons. The molecule has 0 spiro atoms. The lowest BCUT2D eigenvalue weighted by atomic mass is 9.98. The van der Waals surface area contributed by atoms with E-state index in [0.29, 0.717) is 14.2 Å². The fourth-order valence-electron chi connectivity index (χ4n) is 3.71. The van der Waals surface area contributed by atoms with Crippen LogP contribution in [0.25, 0.3) is 11.1 Å². The van der Waals surface area contributed by atoms with Crippen molar-refractivity contribution in [2.24, 2.45) is 0 Å². The van der Waals surface area contributed by atoms with Gasteiger partial charge in [-0.05, 0) is 28.3 Å². The van der Waals surface area contributed by atoms with E-state index in [9.17, 15) is 14.7 Å². The van der Waals surface area contributed by atoms with Crippen LogP contribution in [0.15, 0.2) is 54.6 Å². The average molecular weight is 462 g/mol. The molecule has 8 heteroatoms. The molecule has 3 aromatic rings. The third-order valence-corrected chi connectivity index (χ3v) is 7.00. The summed E-state index contributed by atoms with van der Waals surface area (Å²) in [6, 6.07) is 16.9. The first-order valence-corrected chi connectivity index (χ1v) is 10.8. The summed E-state index contributed by atoms with van der Waals surface area (Å²) in [6.45, 7) is 0.144. The van der Waals surface area contributed by atoms with Crippen LogP contribution < -0.4 is 5.32 Å². The highest BCUT2D eigenvalue weighted by atomic mass is 35.5. The number of carbonyl (C=O) groups is 2. The van der Waals surface area contributed by atoms with Crippen LogP contribution in [0.4, 0.5) is 4.79 Å². The van der Waals surface area contributed by atoms with Crippen molar-refractivity contribution in [1.82, 2.24) is 5.32 Å². The van der Waals surface area contributed by atoms with Gasteiger partial charge in [0.15, 0.2) is 0 Å². The second kappa shape index (κ2) is 8.68. The molecule has 0 aliphatic heterocycles. The van der Waals surface area contributed by atoms with Gasteiger partial charge in [-0.15, -0.1) is 11.3 Å². The van der Waals surface area contributed by atoms with E-state index >= 15 is 0 Å². The van der Waals surface area contributed by atoms with Gasteiger partial charge in [0.25, 0.3) is 0 Å². The van der Waals surface area contributed by atoms with E-state index in [2.05, 4.69) is 17.4 Å². The number of hydrogen-bond acceptors (Lipinski definition) is 4. The number of benzene rings is 2. The number of carboxylic acid groups (broad SMARTS) is 1. The molecule has 1 unspecified atom stereocenters. The molecule has 2 aromatic carbocycles. The third-order valence-electron chi connectivity index (χ3n) is 5.02. The molecule has 1 aliphatic rings. The van der Waals surface area contributed by atoms with Gasteiger partial charge in [0.05, 0.1) is 17.5 Å². The van der Waals surface area contributed by atoms with E-state index < -0.39 is 18.1 Å². The molecule has 30 heavy (non-hydrogen) atoms. The van der Waals surface area contributed by atoms with Crippen molar-refractivity contribution in [3.05, 3.63) is 80.0 Å². The Hall–Kier alpha value is -2.54. The van der Waals surface area contributed by atoms with E-state index in [4.69, 9.17) is 27.9 Å². The van der Waals surface area contributed by atoms with Gasteiger partial charge in [-0.1, -0.05) is 71.7 Å². The van der Waals surface area contributed by atoms with Crippen molar-refractivity contribution in [3.8, 4) is 11.1 Å². The Balaban J connectivity index is 1.48. The Labute approximate surface area is 187 Å². The van der Waals surface area contributed by atoms with E-state index in [0.717, 1.165) is 33.6 Å². The summed E-state index contributed by atoms with van der Waals surface area (Å²) in [7, 11) is 0. The summed E-state index contributed by atoms with van der Waals surface area (Å²) in [5.74, 6) is -1.13. The molecule has 1 amide bonds. The van der Waals surface area contributed by atoms with Gasteiger partial charge in [0.2, 0.25) is 0 Å². The number of thiophene rings is 1. The van der Waals surface area contributed by atoms with Crippen molar-refractivity contribution >= 4 is 46.6 Å². The normalized spacial score (nSPS) is 13.4. The lowest BCUT2D eigenvalue weighted by Crippen LogP contribution is -2.31. The SMILES string of the molecule is O=C(O)CC(NC(=O)OCC1c2ccccc2-c2ccccc21)c1cc(Cl)c(Cl)s1. The molecular weight excluding hydrogens is 445 g/mol. The number of ether oxygens (including phenoxy) is 1. The summed E-state index contributed by atoms with van der Waals surface area (Å²) in [5.41, 5.74) is 4.47. The molecule has 1 aromatic heterocycles. The van der Waals surface area contributed by atoms with Gasteiger partial charge in [0, 0.05) is 10.8 Å². The molecule has 1 aliphatic carbocycles. The number of fused-ring (bicyclic) bond motifs is 3. The average Bonchev–Trinajstić information content (AvgIpc) is 3.23. The molecule has 0 saturated carbocycles. The van der Waals surface area contributed by atoms with Crippen molar-refractivity contribution in [2.75, 3.05) is 6.61 Å². The maximum atomic E-state index is 12.5. The minimum Gasteiger partial charge on any atom is -0.481 e. The molecule has 0 fully saturated rings. The van der Waals surface area contributed by atoms with Gasteiger partial charge < -0.3 is 15.2 Å². The minimum atomic E-state index is -1.06. The van der Waals surface area contributed by atoms with E-state index in [1.807, 2.05) is 36.4 Å². The number of rotatable bonds is 6. The maximum absolute atomic E-state index is 12.5. The van der Waals surface area contributed by atoms with Gasteiger partial charge in [-0.3, -0.25) is 4.79 Å². The predicted octanol–water partition coefficient (Wildman–Crippen LogP) is 6.11. The summed E-state index contributed by atoms with van der Waals surface area (Å²) >= 11 is 13.1. The summed E-state index contributed by atoms with van der Waals surface area (Å²) in [4.78, 5) is 24.3. The monoisotopic (exact) mass is 461 g/mol. The Morgan fingerprint density at radius 3 is 2.20 bits per heavy atom. The van der Waals surface area contributed by atoms with Gasteiger partial charge >= 0.3 is 12.1 Å². The smallest absolute Gasteiger partial charge is 0.407 e. The fourth-order valence-corrected chi connectivity index (χ4v) is 5.16. The van der Waals surface area contributed by atoms with E-state index in [-0.39, 0.29) is 18.9 Å². The highest BCUT2D eigenvalue weighted by Gasteiger charge is 2.29. The highest BCUT2D eigenvalue weighted by Crippen LogP contribution is 2.44. The van der Waals surface area contributed by atoms with Crippen molar-refractivity contribution in [3.63, 3.8) is 0 Å². The van der Waals surface area contributed by atoms with Gasteiger partial charge in [0.1, 0.15) is 10.9 Å². The number of amides is 1. The maximum Gasteiger partial charge on any atom is 0.407 e. The Kier molecular flexibility index (Phi) is 5.99. The molecule has 2 N–H and O–H groups in total. The van der Waals surface area contributed by atoms with Crippen molar-refractivity contribution < 1.29 is 19.4 Å². The van der Waals surface area contributed by atoms with E-state index in [1.165, 1.54) is 0 Å². The number of alkyl carbamates (subject to hydrolysis) is 1. The van der Waals surface area contributed by atoms with Gasteiger partial charge in [-0.25, -0.2) is 4.79 Å². The quantitative estimate of drug-likeness (QED) is 0.464. The molecule has 154 valence electrons. The van der Waals surface area contributed by atoms with Crippen LogP contribution in [-0.2, 0) is 9.53 Å². The number of nitrogens with one attached hydrogen (secondary N) is 1. The van der Waals surface area contributed by atoms with Crippen LogP contribution in [0.3, 0.4) is 0 Å². The number of aliphatic carboxylic acids is 1. The first kappa shape index (κ1) is 20.7. The number of carboxylic acids is 1. The standard InChI is InChI=1S/C22H17Cl2NO4S/c23-17-9-19(30-21(17)24)18(10-20(26)27)25-22(28)29-11-16-14-7-3-1-5-12(14)13-6-2-4-8-15(13)16/h1-9,16,18H,10-11H2,(H,25,28)(H,26,27). The Bertz CT molecular complexity index is 1050. The second-order valence-corrected chi connectivity index (χ2v) is 8.98. The molecule has 0 saturated heterocycles. The molecule has 5 nitrogen and oxygen atoms in total. The first-order chi connectivity index (χ1) is 14.4. The fraction of sp³-hybridized carbons (Fsp3) is 0.182. The zero-order valence-corrected chi connectivity index (χ0v) is 17.9. The van der Waals surface area contributed by atoms with Crippen LogP contribution in [0.5, 0.6) is 0 Å².